The third-order valence-electron chi connectivity index (χ3n) is 3.13. The molecule has 0 bridgehead atoms. The minimum absolute atomic E-state index is 0.331. The Morgan fingerprint density at radius 1 is 1.04 bits per heavy atom. The van der Waals surface area contributed by atoms with Crippen molar-refractivity contribution in [3.8, 4) is 0 Å². The van der Waals surface area contributed by atoms with E-state index in [2.05, 4.69) is 11.3 Å². The van der Waals surface area contributed by atoms with Gasteiger partial charge in [-0.15, -0.1) is 0 Å². The molecule has 2 aromatic rings. The van der Waals surface area contributed by atoms with Gasteiger partial charge in [0.25, 0.3) is 0 Å². The number of methoxy groups -OCH3 is 1. The van der Waals surface area contributed by atoms with Crippen LogP contribution in [-0.2, 0) is 9.47 Å². The van der Waals surface area contributed by atoms with Crippen molar-refractivity contribution < 1.29 is 18.7 Å². The molecule has 0 fully saturated rings. The molecule has 5 heteroatoms. The largest absolute Gasteiger partial charge is 0.465 e. The van der Waals surface area contributed by atoms with Crippen molar-refractivity contribution >= 4 is 17.4 Å². The van der Waals surface area contributed by atoms with Crippen LogP contribution in [-0.4, -0.2) is 13.1 Å². The van der Waals surface area contributed by atoms with Gasteiger partial charge < -0.3 is 15.2 Å². The van der Waals surface area contributed by atoms with E-state index in [1.807, 2.05) is 0 Å². The average Bonchev–Trinajstić information content (AvgIpc) is 2.59. The summed E-state index contributed by atoms with van der Waals surface area (Å²) in [6, 6.07) is 12.3. The molecule has 0 aliphatic heterocycles. The van der Waals surface area contributed by atoms with E-state index in [0.717, 1.165) is 0 Å². The van der Waals surface area contributed by atoms with E-state index in [9.17, 15) is 9.18 Å². The zero-order valence-corrected chi connectivity index (χ0v) is 12.6. The Balaban J connectivity index is 2.06. The topological polar surface area (TPSA) is 61.5 Å². The van der Waals surface area contributed by atoms with Crippen LogP contribution < -0.4 is 5.73 Å². The summed E-state index contributed by atoms with van der Waals surface area (Å²) >= 11 is 0. The SMILES string of the molecule is C=C(O/C=C(\N)c1ccc(C(=O)OC)cc1)c1ccc(F)cc1. The van der Waals surface area contributed by atoms with Gasteiger partial charge in [-0.3, -0.25) is 0 Å². The van der Waals surface area contributed by atoms with E-state index in [1.165, 1.54) is 25.5 Å². The molecular formula is C18H16FNO3. The number of halogens is 1. The number of ether oxygens (including phenoxy) is 2. The van der Waals surface area contributed by atoms with Gasteiger partial charge in [0.2, 0.25) is 0 Å². The zero-order chi connectivity index (χ0) is 16.8. The maximum absolute atomic E-state index is 12.9. The molecule has 2 rings (SSSR count). The van der Waals surface area contributed by atoms with Crippen LogP contribution in [0.5, 0.6) is 0 Å². The summed E-state index contributed by atoms with van der Waals surface area (Å²) in [5.74, 6) is -0.401. The fourth-order valence-electron chi connectivity index (χ4n) is 1.82. The molecule has 0 saturated heterocycles. The Bertz CT molecular complexity index is 734. The second kappa shape index (κ2) is 7.26. The number of carbonyl (C=O) groups excluding carboxylic acids is 1. The molecule has 2 aromatic carbocycles. The van der Waals surface area contributed by atoms with Gasteiger partial charge in [0.15, 0.2) is 0 Å². The third kappa shape index (κ3) is 4.20. The van der Waals surface area contributed by atoms with Crippen LogP contribution >= 0.6 is 0 Å². The van der Waals surface area contributed by atoms with E-state index in [1.54, 1.807) is 36.4 Å². The monoisotopic (exact) mass is 313 g/mol. The molecular weight excluding hydrogens is 297 g/mol. The molecule has 0 amide bonds. The van der Waals surface area contributed by atoms with Crippen LogP contribution in [0.25, 0.3) is 11.5 Å². The van der Waals surface area contributed by atoms with Crippen molar-refractivity contribution in [3.05, 3.63) is 83.9 Å². The van der Waals surface area contributed by atoms with E-state index in [0.29, 0.717) is 28.1 Å². The van der Waals surface area contributed by atoms with Gasteiger partial charge in [-0.1, -0.05) is 18.7 Å². The van der Waals surface area contributed by atoms with E-state index >= 15 is 0 Å². The second-order valence-electron chi connectivity index (χ2n) is 4.69. The Morgan fingerprint density at radius 2 is 1.57 bits per heavy atom. The predicted octanol–water partition coefficient (Wildman–Crippen LogP) is 3.56. The first-order valence-corrected chi connectivity index (χ1v) is 6.77. The van der Waals surface area contributed by atoms with Gasteiger partial charge >= 0.3 is 5.97 Å². The molecule has 0 aliphatic rings. The summed E-state index contributed by atoms with van der Waals surface area (Å²) < 4.78 is 22.9. The number of benzene rings is 2. The average molecular weight is 313 g/mol. The van der Waals surface area contributed by atoms with Crippen molar-refractivity contribution in [2.45, 2.75) is 0 Å². The first kappa shape index (κ1) is 16.3. The van der Waals surface area contributed by atoms with Crippen molar-refractivity contribution in [2.75, 3.05) is 7.11 Å². The van der Waals surface area contributed by atoms with Crippen molar-refractivity contribution in [3.63, 3.8) is 0 Å². The molecule has 0 aromatic heterocycles. The number of esters is 1. The number of hydrogen-bond donors (Lipinski definition) is 1. The fourth-order valence-corrected chi connectivity index (χ4v) is 1.82. The van der Waals surface area contributed by atoms with Gasteiger partial charge in [0.05, 0.1) is 18.4 Å². The summed E-state index contributed by atoms with van der Waals surface area (Å²) in [6.07, 6.45) is 1.35. The Hall–Kier alpha value is -3.08. The van der Waals surface area contributed by atoms with E-state index in [-0.39, 0.29) is 5.82 Å². The van der Waals surface area contributed by atoms with Crippen LogP contribution in [0, 0.1) is 5.82 Å². The lowest BCUT2D eigenvalue weighted by atomic mass is 10.1. The standard InChI is InChI=1S/C18H16FNO3/c1-12(13-7-9-16(19)10-8-13)23-11-17(20)14-3-5-15(6-4-14)18(21)22-2/h3-11H,1,20H2,2H3/b17-11-. The zero-order valence-electron chi connectivity index (χ0n) is 12.6. The minimum Gasteiger partial charge on any atom is -0.465 e. The minimum atomic E-state index is -0.417. The van der Waals surface area contributed by atoms with Crippen LogP contribution in [0.2, 0.25) is 0 Å². The summed E-state index contributed by atoms with van der Waals surface area (Å²) in [5.41, 5.74) is 8.05. The van der Waals surface area contributed by atoms with Crippen LogP contribution in [0.15, 0.2) is 61.4 Å². The van der Waals surface area contributed by atoms with Crippen LogP contribution in [0.3, 0.4) is 0 Å². The lowest BCUT2D eigenvalue weighted by molar-refractivity contribution is 0.0600. The molecule has 0 heterocycles. The van der Waals surface area contributed by atoms with Gasteiger partial charge in [-0.2, -0.15) is 0 Å². The highest BCUT2D eigenvalue weighted by Crippen LogP contribution is 2.17. The van der Waals surface area contributed by atoms with Gasteiger partial charge in [0.1, 0.15) is 17.8 Å². The number of rotatable bonds is 5. The van der Waals surface area contributed by atoms with E-state index < -0.39 is 5.97 Å². The lowest BCUT2D eigenvalue weighted by Gasteiger charge is -2.07. The summed E-state index contributed by atoms with van der Waals surface area (Å²) in [6.45, 7) is 3.76. The highest BCUT2D eigenvalue weighted by Gasteiger charge is 2.06. The lowest BCUT2D eigenvalue weighted by Crippen LogP contribution is -2.02. The van der Waals surface area contributed by atoms with Crippen molar-refractivity contribution in [2.24, 2.45) is 5.73 Å². The Morgan fingerprint density at radius 3 is 2.13 bits per heavy atom. The van der Waals surface area contributed by atoms with Crippen LogP contribution in [0.4, 0.5) is 4.39 Å². The van der Waals surface area contributed by atoms with Gasteiger partial charge in [-0.25, -0.2) is 9.18 Å². The van der Waals surface area contributed by atoms with Crippen molar-refractivity contribution in [1.82, 2.24) is 0 Å². The molecule has 0 saturated carbocycles. The van der Waals surface area contributed by atoms with Crippen molar-refractivity contribution in [1.29, 1.82) is 0 Å². The quantitative estimate of drug-likeness (QED) is 0.677. The highest BCUT2D eigenvalue weighted by atomic mass is 19.1. The molecule has 23 heavy (non-hydrogen) atoms. The first-order valence-electron chi connectivity index (χ1n) is 6.77. The summed E-state index contributed by atoms with van der Waals surface area (Å²) in [5, 5.41) is 0. The normalized spacial score (nSPS) is 11.0. The predicted molar refractivity (Wildman–Crippen MR) is 86.5 cm³/mol. The van der Waals surface area contributed by atoms with Gasteiger partial charge in [0, 0.05) is 11.1 Å². The highest BCUT2D eigenvalue weighted by molar-refractivity contribution is 5.89. The molecule has 0 unspecified atom stereocenters. The molecule has 2 N–H and O–H groups in total. The van der Waals surface area contributed by atoms with E-state index in [4.69, 9.17) is 10.5 Å². The fraction of sp³-hybridized carbons (Fsp3) is 0.0556. The first-order chi connectivity index (χ1) is 11.0. The van der Waals surface area contributed by atoms with Crippen LogP contribution in [0.1, 0.15) is 21.5 Å². The number of nitrogens with two attached hydrogens (primary N) is 1. The maximum Gasteiger partial charge on any atom is 0.337 e. The smallest absolute Gasteiger partial charge is 0.337 e. The molecule has 0 atom stereocenters. The molecule has 0 spiro atoms. The Labute approximate surface area is 133 Å². The number of hydrogen-bond acceptors (Lipinski definition) is 4. The summed E-state index contributed by atoms with van der Waals surface area (Å²) in [7, 11) is 1.32. The molecule has 0 radical (unpaired) electrons. The molecule has 4 nitrogen and oxygen atoms in total. The Kier molecular flexibility index (Phi) is 5.15. The van der Waals surface area contributed by atoms with Gasteiger partial charge in [-0.05, 0) is 36.4 Å². The molecule has 0 aliphatic carbocycles. The number of carbonyl (C=O) groups is 1. The second-order valence-corrected chi connectivity index (χ2v) is 4.69. The molecule has 118 valence electrons. The summed E-state index contributed by atoms with van der Waals surface area (Å²) in [4.78, 5) is 11.4. The maximum atomic E-state index is 12.9. The third-order valence-corrected chi connectivity index (χ3v) is 3.13.